The number of likely N-dealkylation sites (tertiary alicyclic amines) is 1. The SMILES string of the molecule is COc1ccc(N2C(=O)C(c3ccc(Cl)cc3)=C(N3CCCC(C)C3)C2=O)c(OC)c1. The molecule has 2 amide bonds. The zero-order valence-electron chi connectivity index (χ0n) is 17.9. The molecule has 0 bridgehead atoms. The molecule has 0 aromatic heterocycles. The van der Waals surface area contributed by atoms with Gasteiger partial charge in [-0.25, -0.2) is 4.90 Å². The van der Waals surface area contributed by atoms with Gasteiger partial charge in [0.15, 0.2) is 0 Å². The van der Waals surface area contributed by atoms with Gasteiger partial charge in [-0.15, -0.1) is 0 Å². The number of methoxy groups -OCH3 is 2. The summed E-state index contributed by atoms with van der Waals surface area (Å²) in [6, 6.07) is 12.1. The highest BCUT2D eigenvalue weighted by Crippen LogP contribution is 2.41. The molecule has 0 aliphatic carbocycles. The maximum Gasteiger partial charge on any atom is 0.282 e. The molecule has 1 saturated heterocycles. The zero-order chi connectivity index (χ0) is 22.1. The van der Waals surface area contributed by atoms with Gasteiger partial charge in [0.2, 0.25) is 0 Å². The Hall–Kier alpha value is -2.99. The van der Waals surface area contributed by atoms with E-state index in [1.807, 2.05) is 4.90 Å². The van der Waals surface area contributed by atoms with Gasteiger partial charge in [0.1, 0.15) is 17.2 Å². The van der Waals surface area contributed by atoms with Gasteiger partial charge in [-0.05, 0) is 48.6 Å². The van der Waals surface area contributed by atoms with Gasteiger partial charge in [0.25, 0.3) is 11.8 Å². The summed E-state index contributed by atoms with van der Waals surface area (Å²) in [5, 5.41) is 0.572. The number of nitrogens with zero attached hydrogens (tertiary/aromatic N) is 2. The van der Waals surface area contributed by atoms with Crippen molar-refractivity contribution in [2.24, 2.45) is 5.92 Å². The maximum atomic E-state index is 13.7. The molecule has 6 nitrogen and oxygen atoms in total. The maximum absolute atomic E-state index is 13.7. The molecule has 162 valence electrons. The molecule has 0 spiro atoms. The van der Waals surface area contributed by atoms with Crippen molar-refractivity contribution in [3.63, 3.8) is 0 Å². The van der Waals surface area contributed by atoms with Gasteiger partial charge in [-0.1, -0.05) is 30.7 Å². The van der Waals surface area contributed by atoms with E-state index in [-0.39, 0.29) is 11.8 Å². The van der Waals surface area contributed by atoms with Gasteiger partial charge in [-0.3, -0.25) is 9.59 Å². The summed E-state index contributed by atoms with van der Waals surface area (Å²) in [6.07, 6.45) is 2.09. The third-order valence-electron chi connectivity index (χ3n) is 5.79. The minimum Gasteiger partial charge on any atom is -0.497 e. The van der Waals surface area contributed by atoms with E-state index in [1.54, 1.807) is 49.6 Å². The van der Waals surface area contributed by atoms with E-state index in [2.05, 4.69) is 6.92 Å². The van der Waals surface area contributed by atoms with Crippen LogP contribution in [0.2, 0.25) is 5.02 Å². The number of carbonyl (C=O) groups excluding carboxylic acids is 2. The second kappa shape index (κ2) is 8.63. The van der Waals surface area contributed by atoms with Crippen LogP contribution in [0.3, 0.4) is 0 Å². The Morgan fingerprint density at radius 1 is 1.00 bits per heavy atom. The Balaban J connectivity index is 1.83. The van der Waals surface area contributed by atoms with Crippen molar-refractivity contribution in [2.75, 3.05) is 32.2 Å². The van der Waals surface area contributed by atoms with Crippen molar-refractivity contribution in [1.29, 1.82) is 0 Å². The highest BCUT2D eigenvalue weighted by molar-refractivity contribution is 6.45. The number of hydrogen-bond acceptors (Lipinski definition) is 5. The van der Waals surface area contributed by atoms with Gasteiger partial charge < -0.3 is 14.4 Å². The summed E-state index contributed by atoms with van der Waals surface area (Å²) < 4.78 is 10.7. The third kappa shape index (κ3) is 3.88. The number of benzene rings is 2. The zero-order valence-corrected chi connectivity index (χ0v) is 18.6. The minimum atomic E-state index is -0.371. The molecule has 2 heterocycles. The van der Waals surface area contributed by atoms with Crippen LogP contribution in [0.25, 0.3) is 5.57 Å². The fourth-order valence-electron chi connectivity index (χ4n) is 4.27. The van der Waals surface area contributed by atoms with Gasteiger partial charge in [-0.2, -0.15) is 0 Å². The van der Waals surface area contributed by atoms with E-state index in [0.717, 1.165) is 25.9 Å². The molecule has 0 radical (unpaired) electrons. The smallest absolute Gasteiger partial charge is 0.282 e. The predicted molar refractivity (Wildman–Crippen MR) is 120 cm³/mol. The van der Waals surface area contributed by atoms with Crippen molar-refractivity contribution in [1.82, 2.24) is 4.90 Å². The first-order valence-electron chi connectivity index (χ1n) is 10.3. The fourth-order valence-corrected chi connectivity index (χ4v) is 4.40. The number of imide groups is 1. The fraction of sp³-hybridized carbons (Fsp3) is 0.333. The highest BCUT2D eigenvalue weighted by Gasteiger charge is 2.44. The van der Waals surface area contributed by atoms with E-state index < -0.39 is 0 Å². The molecule has 4 rings (SSSR count). The first kappa shape index (κ1) is 21.2. The Labute approximate surface area is 187 Å². The lowest BCUT2D eigenvalue weighted by Gasteiger charge is -2.33. The highest BCUT2D eigenvalue weighted by atomic mass is 35.5. The summed E-state index contributed by atoms with van der Waals surface area (Å²) in [4.78, 5) is 30.6. The topological polar surface area (TPSA) is 59.1 Å². The number of rotatable bonds is 5. The van der Waals surface area contributed by atoms with E-state index >= 15 is 0 Å². The number of carbonyl (C=O) groups is 2. The van der Waals surface area contributed by atoms with E-state index in [1.165, 1.54) is 12.0 Å². The average Bonchev–Trinajstić information content (AvgIpc) is 3.03. The van der Waals surface area contributed by atoms with Crippen LogP contribution < -0.4 is 14.4 Å². The Morgan fingerprint density at radius 3 is 2.39 bits per heavy atom. The molecule has 1 unspecified atom stereocenters. The molecule has 1 atom stereocenters. The van der Waals surface area contributed by atoms with E-state index in [4.69, 9.17) is 21.1 Å². The summed E-state index contributed by atoms with van der Waals surface area (Å²) in [7, 11) is 3.06. The molecule has 2 aliphatic heterocycles. The van der Waals surface area contributed by atoms with Crippen LogP contribution in [0.5, 0.6) is 11.5 Å². The van der Waals surface area contributed by atoms with Crippen LogP contribution >= 0.6 is 11.6 Å². The number of hydrogen-bond donors (Lipinski definition) is 0. The number of piperidine rings is 1. The van der Waals surface area contributed by atoms with Crippen LogP contribution in [0, 0.1) is 5.92 Å². The lowest BCUT2D eigenvalue weighted by atomic mass is 9.98. The van der Waals surface area contributed by atoms with Crippen LogP contribution in [0.1, 0.15) is 25.3 Å². The molecular weight excluding hydrogens is 416 g/mol. The van der Waals surface area contributed by atoms with E-state index in [0.29, 0.717) is 45.0 Å². The quantitative estimate of drug-likeness (QED) is 0.646. The minimum absolute atomic E-state index is 0.340. The molecule has 0 saturated carbocycles. The lowest BCUT2D eigenvalue weighted by molar-refractivity contribution is -0.120. The molecule has 0 N–H and O–H groups in total. The summed E-state index contributed by atoms with van der Waals surface area (Å²) in [6.45, 7) is 3.64. The Kier molecular flexibility index (Phi) is 5.92. The van der Waals surface area contributed by atoms with Crippen LogP contribution in [0.4, 0.5) is 5.69 Å². The predicted octanol–water partition coefficient (Wildman–Crippen LogP) is 4.37. The number of anilines is 1. The number of amides is 2. The van der Waals surface area contributed by atoms with Crippen molar-refractivity contribution < 1.29 is 19.1 Å². The second-order valence-electron chi connectivity index (χ2n) is 7.91. The second-order valence-corrected chi connectivity index (χ2v) is 8.34. The lowest BCUT2D eigenvalue weighted by Crippen LogP contribution is -2.39. The first-order valence-corrected chi connectivity index (χ1v) is 10.7. The molecule has 1 fully saturated rings. The standard InChI is InChI=1S/C24H25ClN2O4/c1-15-5-4-12-26(14-15)22-21(16-6-8-17(25)9-7-16)23(28)27(24(22)29)19-11-10-18(30-2)13-20(19)31-3/h6-11,13,15H,4-5,12,14H2,1-3H3. The summed E-state index contributed by atoms with van der Waals surface area (Å²) in [5.41, 5.74) is 1.90. The third-order valence-corrected chi connectivity index (χ3v) is 6.05. The molecular formula is C24H25ClN2O4. The average molecular weight is 441 g/mol. The summed E-state index contributed by atoms with van der Waals surface area (Å²) >= 11 is 6.06. The first-order chi connectivity index (χ1) is 14.9. The molecule has 2 aromatic carbocycles. The molecule has 2 aliphatic rings. The van der Waals surface area contributed by atoms with Crippen LogP contribution in [0.15, 0.2) is 48.2 Å². The number of halogens is 1. The monoisotopic (exact) mass is 440 g/mol. The van der Waals surface area contributed by atoms with Crippen LogP contribution in [-0.2, 0) is 9.59 Å². The van der Waals surface area contributed by atoms with Crippen molar-refractivity contribution >= 4 is 34.7 Å². The van der Waals surface area contributed by atoms with E-state index in [9.17, 15) is 9.59 Å². The molecule has 2 aromatic rings. The molecule has 7 heteroatoms. The Bertz CT molecular complexity index is 1050. The van der Waals surface area contributed by atoms with Crippen molar-refractivity contribution in [3.05, 3.63) is 58.7 Å². The van der Waals surface area contributed by atoms with Gasteiger partial charge >= 0.3 is 0 Å². The van der Waals surface area contributed by atoms with Gasteiger partial charge in [0.05, 0.1) is 25.5 Å². The van der Waals surface area contributed by atoms with Crippen LogP contribution in [-0.4, -0.2) is 44.0 Å². The normalized spacial score (nSPS) is 19.3. The van der Waals surface area contributed by atoms with Crippen molar-refractivity contribution in [2.45, 2.75) is 19.8 Å². The Morgan fingerprint density at radius 2 is 1.74 bits per heavy atom. The molecule has 31 heavy (non-hydrogen) atoms. The largest absolute Gasteiger partial charge is 0.497 e. The van der Waals surface area contributed by atoms with Crippen molar-refractivity contribution in [3.8, 4) is 11.5 Å². The van der Waals surface area contributed by atoms with Gasteiger partial charge in [0, 0.05) is 24.2 Å². The number of ether oxygens (including phenoxy) is 2. The summed E-state index contributed by atoms with van der Waals surface area (Å²) in [5.74, 6) is 0.706.